The molecule has 4 heteroatoms. The highest BCUT2D eigenvalue weighted by Gasteiger charge is 2.61. The summed E-state index contributed by atoms with van der Waals surface area (Å²) in [5.41, 5.74) is 1.43. The quantitative estimate of drug-likeness (QED) is 0.516. The van der Waals surface area contributed by atoms with Gasteiger partial charge in [0.1, 0.15) is 9.75 Å². The first-order valence-corrected chi connectivity index (χ1v) is 9.35. The molecule has 1 aromatic carbocycles. The first-order chi connectivity index (χ1) is 10.8. The number of rotatable bonds is 1. The van der Waals surface area contributed by atoms with Gasteiger partial charge < -0.3 is 5.41 Å². The largest absolute Gasteiger partial charge is 0.303 e. The predicted molar refractivity (Wildman–Crippen MR) is 107 cm³/mol. The molecule has 1 aromatic rings. The van der Waals surface area contributed by atoms with Crippen LogP contribution in [0.4, 0.5) is 0 Å². The minimum Gasteiger partial charge on any atom is -0.303 e. The lowest BCUT2D eigenvalue weighted by atomic mass is 9.62. The van der Waals surface area contributed by atoms with E-state index in [2.05, 4.69) is 20.8 Å². The molecule has 0 aliphatic heterocycles. The number of alkyl halides is 3. The van der Waals surface area contributed by atoms with Gasteiger partial charge in [0.05, 0.1) is 11.1 Å². The lowest BCUT2D eigenvalue weighted by Crippen LogP contribution is -2.61. The number of benzene rings is 1. The molecule has 0 heterocycles. The van der Waals surface area contributed by atoms with Crippen LogP contribution in [0.5, 0.6) is 0 Å². The molecular formula is C20H26Cl3N. The summed E-state index contributed by atoms with van der Waals surface area (Å²) in [6, 6.07) is 9.77. The van der Waals surface area contributed by atoms with Crippen molar-refractivity contribution < 1.29 is 0 Å². The van der Waals surface area contributed by atoms with E-state index in [9.17, 15) is 0 Å². The van der Waals surface area contributed by atoms with E-state index in [4.69, 9.17) is 40.2 Å². The van der Waals surface area contributed by atoms with E-state index in [0.717, 1.165) is 11.1 Å². The third kappa shape index (κ3) is 2.93. The van der Waals surface area contributed by atoms with Crippen molar-refractivity contribution in [3.63, 3.8) is 0 Å². The van der Waals surface area contributed by atoms with E-state index in [-0.39, 0.29) is 5.41 Å². The van der Waals surface area contributed by atoms with Crippen LogP contribution in [0.25, 0.3) is 0 Å². The first kappa shape index (κ1) is 19.8. The van der Waals surface area contributed by atoms with Gasteiger partial charge in [0.2, 0.25) is 0 Å². The summed E-state index contributed by atoms with van der Waals surface area (Å²) in [7, 11) is 0. The maximum atomic E-state index is 8.84. The van der Waals surface area contributed by atoms with Gasteiger partial charge in [0.15, 0.2) is 0 Å². The zero-order chi connectivity index (χ0) is 18.6. The van der Waals surface area contributed by atoms with Gasteiger partial charge >= 0.3 is 0 Å². The molecule has 132 valence electrons. The number of nitrogens with one attached hydrogen (secondary N) is 1. The van der Waals surface area contributed by atoms with Crippen molar-refractivity contribution in [2.45, 2.75) is 56.7 Å². The molecule has 1 aliphatic rings. The molecule has 1 nitrogen and oxygen atoms in total. The second-order valence-electron chi connectivity index (χ2n) is 8.64. The van der Waals surface area contributed by atoms with Gasteiger partial charge in [-0.25, -0.2) is 0 Å². The van der Waals surface area contributed by atoms with Crippen molar-refractivity contribution in [1.29, 1.82) is 5.41 Å². The van der Waals surface area contributed by atoms with Gasteiger partial charge in [-0.05, 0) is 22.0 Å². The van der Waals surface area contributed by atoms with Crippen LogP contribution in [0.3, 0.4) is 0 Å². The standard InChI is InChI=1S/C20H26Cl3N/c1-17(2,3)14-12-19(22,13-10-8-7-9-11-13)16(21)20(23,15(14)24)18(4,5)6/h7-12,16,24H,1-6H3. The molecule has 0 amide bonds. The van der Waals surface area contributed by atoms with Crippen LogP contribution in [0, 0.1) is 16.2 Å². The Balaban J connectivity index is 2.81. The molecule has 0 saturated carbocycles. The Labute approximate surface area is 160 Å². The fourth-order valence-electron chi connectivity index (χ4n) is 3.24. The normalized spacial score (nSPS) is 31.8. The van der Waals surface area contributed by atoms with Crippen molar-refractivity contribution in [3.8, 4) is 0 Å². The van der Waals surface area contributed by atoms with Crippen molar-refractivity contribution >= 4 is 40.5 Å². The minimum absolute atomic E-state index is 0.256. The molecule has 24 heavy (non-hydrogen) atoms. The number of allylic oxidation sites excluding steroid dienone is 2. The molecule has 2 rings (SSSR count). The molecular weight excluding hydrogens is 361 g/mol. The molecule has 0 radical (unpaired) electrons. The predicted octanol–water partition coefficient (Wildman–Crippen LogP) is 6.76. The molecule has 0 bridgehead atoms. The highest BCUT2D eigenvalue weighted by Crippen LogP contribution is 2.57. The number of halogens is 3. The minimum atomic E-state index is -1.08. The summed E-state index contributed by atoms with van der Waals surface area (Å²) >= 11 is 21.1. The van der Waals surface area contributed by atoms with Gasteiger partial charge in [0.25, 0.3) is 0 Å². The average molecular weight is 387 g/mol. The van der Waals surface area contributed by atoms with Gasteiger partial charge in [-0.15, -0.1) is 34.8 Å². The summed E-state index contributed by atoms with van der Waals surface area (Å²) < 4.78 is 0. The lowest BCUT2D eigenvalue weighted by Gasteiger charge is -2.53. The van der Waals surface area contributed by atoms with E-state index >= 15 is 0 Å². The SMILES string of the molecule is CC(C)(C)C1=CC(Cl)(c2ccccc2)C(Cl)C(Cl)(C(C)(C)C)C1=N. The van der Waals surface area contributed by atoms with E-state index in [1.54, 1.807) is 0 Å². The second-order valence-corrected chi connectivity index (χ2v) is 10.3. The van der Waals surface area contributed by atoms with E-state index in [1.807, 2.05) is 57.2 Å². The van der Waals surface area contributed by atoms with Crippen LogP contribution in [0.1, 0.15) is 47.1 Å². The van der Waals surface area contributed by atoms with E-state index < -0.39 is 20.5 Å². The molecule has 1 aliphatic carbocycles. The zero-order valence-corrected chi connectivity index (χ0v) is 17.4. The summed E-state index contributed by atoms with van der Waals surface area (Å²) in [5, 5.41) is 8.18. The van der Waals surface area contributed by atoms with Gasteiger partial charge in [-0.2, -0.15) is 0 Å². The van der Waals surface area contributed by atoms with Crippen LogP contribution >= 0.6 is 34.8 Å². The first-order valence-electron chi connectivity index (χ1n) is 8.16. The van der Waals surface area contributed by atoms with Crippen LogP contribution < -0.4 is 0 Å². The van der Waals surface area contributed by atoms with Crippen LogP contribution in [0.15, 0.2) is 42.0 Å². The maximum Gasteiger partial charge on any atom is 0.109 e. The molecule has 0 saturated heterocycles. The highest BCUT2D eigenvalue weighted by molar-refractivity contribution is 6.48. The summed E-state index contributed by atoms with van der Waals surface area (Å²) in [5.74, 6) is 0. The molecule has 1 N–H and O–H groups in total. The second kappa shape index (κ2) is 6.04. The Bertz CT molecular complexity index is 666. The third-order valence-corrected chi connectivity index (χ3v) is 7.24. The number of hydrogen-bond acceptors (Lipinski definition) is 1. The molecule has 0 fully saturated rings. The molecule has 0 aromatic heterocycles. The summed E-state index contributed by atoms with van der Waals surface area (Å²) in [4.78, 5) is -2.05. The maximum absolute atomic E-state index is 8.84. The highest BCUT2D eigenvalue weighted by atomic mass is 35.5. The monoisotopic (exact) mass is 385 g/mol. The zero-order valence-electron chi connectivity index (χ0n) is 15.2. The summed E-state index contributed by atoms with van der Waals surface area (Å²) in [6.07, 6.45) is 1.94. The third-order valence-electron chi connectivity index (χ3n) is 4.82. The topological polar surface area (TPSA) is 23.9 Å². The van der Waals surface area contributed by atoms with Crippen molar-refractivity contribution in [1.82, 2.24) is 0 Å². The van der Waals surface area contributed by atoms with Crippen molar-refractivity contribution in [3.05, 3.63) is 47.5 Å². The van der Waals surface area contributed by atoms with Gasteiger partial charge in [0, 0.05) is 0 Å². The van der Waals surface area contributed by atoms with Crippen molar-refractivity contribution in [2.24, 2.45) is 10.8 Å². The Kier molecular flexibility index (Phi) is 4.99. The Morgan fingerprint density at radius 3 is 1.88 bits per heavy atom. The Morgan fingerprint density at radius 1 is 0.958 bits per heavy atom. The van der Waals surface area contributed by atoms with E-state index in [1.165, 1.54) is 0 Å². The molecule has 3 atom stereocenters. The smallest absolute Gasteiger partial charge is 0.109 e. The fraction of sp³-hybridized carbons (Fsp3) is 0.550. The Morgan fingerprint density at radius 2 is 1.46 bits per heavy atom. The average Bonchev–Trinajstić information content (AvgIpc) is 2.47. The fourth-order valence-corrected chi connectivity index (χ4v) is 4.59. The van der Waals surface area contributed by atoms with E-state index in [0.29, 0.717) is 5.71 Å². The van der Waals surface area contributed by atoms with Crippen molar-refractivity contribution in [2.75, 3.05) is 0 Å². The Hall–Kier alpha value is -0.500. The van der Waals surface area contributed by atoms with Crippen LogP contribution in [0.2, 0.25) is 0 Å². The van der Waals surface area contributed by atoms with Gasteiger partial charge in [-0.3, -0.25) is 0 Å². The van der Waals surface area contributed by atoms with Gasteiger partial charge in [-0.1, -0.05) is 78.0 Å². The summed E-state index contributed by atoms with van der Waals surface area (Å²) in [6.45, 7) is 12.3. The van der Waals surface area contributed by atoms with Crippen LogP contribution in [-0.4, -0.2) is 16.0 Å². The van der Waals surface area contributed by atoms with Crippen LogP contribution in [-0.2, 0) is 4.87 Å². The number of hydrogen-bond donors (Lipinski definition) is 1. The lowest BCUT2D eigenvalue weighted by molar-refractivity contribution is 0.303. The molecule has 0 spiro atoms. The molecule has 3 unspecified atom stereocenters.